The first kappa shape index (κ1) is 21.6. The number of hydrogen-bond donors (Lipinski definition) is 1. The molecular formula is C15H25NO5-2. The highest BCUT2D eigenvalue weighted by Crippen LogP contribution is 2.22. The van der Waals surface area contributed by atoms with E-state index in [1.54, 1.807) is 13.8 Å². The molecule has 0 bridgehead atoms. The number of hydrogen-bond acceptors (Lipinski definition) is 6. The summed E-state index contributed by atoms with van der Waals surface area (Å²) in [6, 6.07) is 0. The first-order chi connectivity index (χ1) is 9.77. The molecule has 0 spiro atoms. The summed E-state index contributed by atoms with van der Waals surface area (Å²) in [5.41, 5.74) is -0.787. The molecule has 0 heterocycles. The second-order valence-corrected chi connectivity index (χ2v) is 5.42. The summed E-state index contributed by atoms with van der Waals surface area (Å²) in [6.07, 6.45) is 6.42. The molecule has 0 rings (SSSR count). The zero-order valence-corrected chi connectivity index (χ0v) is 12.9. The molecule has 0 atom stereocenters. The third-order valence-electron chi connectivity index (χ3n) is 2.90. The number of carbonyl (C=O) groups is 3. The van der Waals surface area contributed by atoms with E-state index in [-0.39, 0.29) is 6.42 Å². The molecule has 0 fully saturated rings. The van der Waals surface area contributed by atoms with Crippen LogP contribution in [0.2, 0.25) is 0 Å². The molecule has 0 aromatic rings. The van der Waals surface area contributed by atoms with Gasteiger partial charge in [0.05, 0.1) is 0 Å². The minimum atomic E-state index is -1.03. The van der Waals surface area contributed by atoms with Crippen LogP contribution in [0, 0.1) is 10.8 Å². The van der Waals surface area contributed by atoms with Gasteiger partial charge < -0.3 is 30.0 Å². The lowest BCUT2D eigenvalue weighted by atomic mass is 9.87. The molecule has 21 heavy (non-hydrogen) atoms. The van der Waals surface area contributed by atoms with Crippen LogP contribution in [0.15, 0.2) is 0 Å². The average Bonchev–Trinajstić information content (AvgIpc) is 2.39. The lowest BCUT2D eigenvalue weighted by Gasteiger charge is -2.25. The number of rotatable bonds is 11. The molecule has 0 aliphatic rings. The quantitative estimate of drug-likeness (QED) is 0.259. The summed E-state index contributed by atoms with van der Waals surface area (Å²) in [5.74, 6) is -1.58. The van der Waals surface area contributed by atoms with Gasteiger partial charge in [0, 0.05) is 24.2 Å². The minimum Gasteiger partial charge on any atom is -0.862 e. The SMILES string of the molecule is CC(C)(CCCCCC(=N)[O-])C(=O)[O-].O=CCCCC=O. The molecule has 0 aliphatic heterocycles. The van der Waals surface area contributed by atoms with Crippen molar-refractivity contribution in [2.24, 2.45) is 5.41 Å². The highest BCUT2D eigenvalue weighted by atomic mass is 16.4. The first-order valence-corrected chi connectivity index (χ1v) is 7.11. The molecule has 0 unspecified atom stereocenters. The third kappa shape index (κ3) is 16.2. The third-order valence-corrected chi connectivity index (χ3v) is 2.90. The lowest BCUT2D eigenvalue weighted by molar-refractivity contribution is -0.317. The van der Waals surface area contributed by atoms with Crippen molar-refractivity contribution in [1.82, 2.24) is 0 Å². The fraction of sp³-hybridized carbons (Fsp3) is 0.733. The van der Waals surface area contributed by atoms with Gasteiger partial charge in [0.15, 0.2) is 0 Å². The van der Waals surface area contributed by atoms with E-state index in [2.05, 4.69) is 0 Å². The maximum absolute atomic E-state index is 10.6. The van der Waals surface area contributed by atoms with Crippen LogP contribution in [0.25, 0.3) is 0 Å². The largest absolute Gasteiger partial charge is 0.862 e. The van der Waals surface area contributed by atoms with Gasteiger partial charge in [-0.25, -0.2) is 0 Å². The molecule has 122 valence electrons. The molecule has 0 saturated heterocycles. The highest BCUT2D eigenvalue weighted by molar-refractivity contribution is 5.71. The van der Waals surface area contributed by atoms with Crippen molar-refractivity contribution in [3.63, 3.8) is 0 Å². The van der Waals surface area contributed by atoms with Crippen LogP contribution in [0.5, 0.6) is 0 Å². The van der Waals surface area contributed by atoms with E-state index in [1.807, 2.05) is 0 Å². The van der Waals surface area contributed by atoms with Gasteiger partial charge in [0.1, 0.15) is 12.6 Å². The Morgan fingerprint density at radius 3 is 1.90 bits per heavy atom. The number of unbranched alkanes of at least 4 members (excludes halogenated alkanes) is 4. The van der Waals surface area contributed by atoms with Crippen molar-refractivity contribution in [2.75, 3.05) is 0 Å². The van der Waals surface area contributed by atoms with Crippen LogP contribution in [0.1, 0.15) is 65.2 Å². The number of carbonyl (C=O) groups excluding carboxylic acids is 3. The van der Waals surface area contributed by atoms with Crippen molar-refractivity contribution in [1.29, 1.82) is 5.41 Å². The monoisotopic (exact) mass is 299 g/mol. The second kappa shape index (κ2) is 13.3. The molecule has 0 radical (unpaired) electrons. The standard InChI is InChI=1S/C10H19NO3.C5H8O2/c1-10(2,9(13)14)7-5-3-4-6-8(11)12;6-4-2-1-3-5-7/h3-7H2,1-2H3,(H2,11,12)(H,13,14);4-5H,1-3H2/p-2. The minimum absolute atomic E-state index is 0.270. The molecule has 0 saturated carbocycles. The molecule has 1 N–H and O–H groups in total. The van der Waals surface area contributed by atoms with Crippen molar-refractivity contribution in [3.05, 3.63) is 0 Å². The van der Waals surface area contributed by atoms with Crippen LogP contribution in [-0.4, -0.2) is 24.4 Å². The van der Waals surface area contributed by atoms with Gasteiger partial charge in [-0.05, 0) is 31.6 Å². The molecular weight excluding hydrogens is 274 g/mol. The summed E-state index contributed by atoms with van der Waals surface area (Å²) in [5, 5.41) is 27.5. The molecule has 0 aliphatic carbocycles. The predicted octanol–water partition coefficient (Wildman–Crippen LogP) is 0.605. The summed E-state index contributed by atoms with van der Waals surface area (Å²) >= 11 is 0. The maximum Gasteiger partial charge on any atom is 0.120 e. The number of carboxylic acid groups (broad SMARTS) is 1. The zero-order chi connectivity index (χ0) is 16.7. The van der Waals surface area contributed by atoms with E-state index in [0.717, 1.165) is 25.4 Å². The maximum atomic E-state index is 10.6. The second-order valence-electron chi connectivity index (χ2n) is 5.42. The fourth-order valence-corrected chi connectivity index (χ4v) is 1.42. The van der Waals surface area contributed by atoms with Crippen LogP contribution in [-0.2, 0) is 14.4 Å². The van der Waals surface area contributed by atoms with Gasteiger partial charge >= 0.3 is 0 Å². The summed E-state index contributed by atoms with van der Waals surface area (Å²) in [7, 11) is 0. The lowest BCUT2D eigenvalue weighted by Crippen LogP contribution is -2.37. The molecule has 0 aromatic heterocycles. The Kier molecular flexibility index (Phi) is 13.6. The topological polar surface area (TPSA) is 121 Å². The highest BCUT2D eigenvalue weighted by Gasteiger charge is 2.18. The van der Waals surface area contributed by atoms with Gasteiger partial charge in [0.25, 0.3) is 0 Å². The van der Waals surface area contributed by atoms with Gasteiger partial charge in [0.2, 0.25) is 0 Å². The number of aliphatic carboxylic acids is 1. The van der Waals surface area contributed by atoms with E-state index in [4.69, 9.17) is 5.41 Å². The Labute approximate surface area is 126 Å². The predicted molar refractivity (Wildman–Crippen MR) is 75.6 cm³/mol. The normalized spacial score (nSPS) is 10.2. The Balaban J connectivity index is 0. The number of aldehydes is 2. The van der Waals surface area contributed by atoms with E-state index in [0.29, 0.717) is 32.1 Å². The summed E-state index contributed by atoms with van der Waals surface area (Å²) < 4.78 is 0. The fourth-order valence-electron chi connectivity index (χ4n) is 1.42. The van der Waals surface area contributed by atoms with E-state index >= 15 is 0 Å². The van der Waals surface area contributed by atoms with Crippen molar-refractivity contribution < 1.29 is 24.6 Å². The van der Waals surface area contributed by atoms with Gasteiger partial charge in [-0.2, -0.15) is 0 Å². The Bertz CT molecular complexity index is 318. The van der Waals surface area contributed by atoms with E-state index < -0.39 is 17.3 Å². The summed E-state index contributed by atoms with van der Waals surface area (Å²) in [4.78, 5) is 29.7. The Morgan fingerprint density at radius 1 is 1.00 bits per heavy atom. The van der Waals surface area contributed by atoms with Gasteiger partial charge in [-0.3, -0.25) is 0 Å². The molecule has 6 heteroatoms. The zero-order valence-electron chi connectivity index (χ0n) is 12.9. The molecule has 0 amide bonds. The number of carboxylic acids is 1. The number of nitrogens with one attached hydrogen (secondary N) is 1. The van der Waals surface area contributed by atoms with Crippen LogP contribution in [0.4, 0.5) is 0 Å². The van der Waals surface area contributed by atoms with Crippen LogP contribution in [0.3, 0.4) is 0 Å². The Morgan fingerprint density at radius 2 is 1.52 bits per heavy atom. The van der Waals surface area contributed by atoms with Gasteiger partial charge in [-0.15, -0.1) is 0 Å². The van der Waals surface area contributed by atoms with Crippen molar-refractivity contribution >= 4 is 24.4 Å². The van der Waals surface area contributed by atoms with Crippen LogP contribution >= 0.6 is 0 Å². The van der Waals surface area contributed by atoms with E-state index in [1.165, 1.54) is 0 Å². The van der Waals surface area contributed by atoms with Crippen molar-refractivity contribution in [3.8, 4) is 0 Å². The molecule has 0 aromatic carbocycles. The Hall–Kier alpha value is -1.72. The van der Waals surface area contributed by atoms with E-state index in [9.17, 15) is 24.6 Å². The first-order valence-electron chi connectivity index (χ1n) is 7.11. The molecule has 6 nitrogen and oxygen atoms in total. The van der Waals surface area contributed by atoms with Crippen LogP contribution < -0.4 is 10.2 Å². The van der Waals surface area contributed by atoms with Crippen molar-refractivity contribution in [2.45, 2.75) is 65.2 Å². The average molecular weight is 299 g/mol. The van der Waals surface area contributed by atoms with Gasteiger partial charge in [-0.1, -0.05) is 26.7 Å². The smallest absolute Gasteiger partial charge is 0.120 e. The summed E-state index contributed by atoms with van der Waals surface area (Å²) in [6.45, 7) is 3.27.